The second kappa shape index (κ2) is 6.50. The zero-order chi connectivity index (χ0) is 13.6. The summed E-state index contributed by atoms with van der Waals surface area (Å²) in [4.78, 5) is 2.12. The van der Waals surface area contributed by atoms with Gasteiger partial charge in [-0.3, -0.25) is 0 Å². The molecule has 17 heavy (non-hydrogen) atoms. The van der Waals surface area contributed by atoms with Crippen LogP contribution in [-0.2, 0) is 0 Å². The van der Waals surface area contributed by atoms with Crippen molar-refractivity contribution in [2.24, 2.45) is 5.73 Å². The van der Waals surface area contributed by atoms with Crippen molar-refractivity contribution >= 4 is 0 Å². The smallest absolute Gasteiger partial charge is 0.0958 e. The van der Waals surface area contributed by atoms with E-state index in [9.17, 15) is 0 Å². The number of hydrogen-bond acceptors (Lipinski definition) is 2. The van der Waals surface area contributed by atoms with Gasteiger partial charge in [-0.2, -0.15) is 0 Å². The van der Waals surface area contributed by atoms with E-state index in [4.69, 9.17) is 5.73 Å². The first-order valence-corrected chi connectivity index (χ1v) is 5.99. The SMILES string of the molecule is C=C(/C(N)=C(C)/C=C\C)N(C)CC[N+](C)(C)C. The average molecular weight is 238 g/mol. The molecule has 0 atom stereocenters. The molecule has 0 saturated carbocycles. The third-order valence-corrected chi connectivity index (χ3v) is 2.72. The van der Waals surface area contributed by atoms with Gasteiger partial charge < -0.3 is 15.1 Å². The summed E-state index contributed by atoms with van der Waals surface area (Å²) in [6.45, 7) is 10.1. The van der Waals surface area contributed by atoms with Gasteiger partial charge >= 0.3 is 0 Å². The molecule has 0 fully saturated rings. The van der Waals surface area contributed by atoms with E-state index in [0.717, 1.165) is 34.5 Å². The maximum atomic E-state index is 6.07. The molecule has 3 nitrogen and oxygen atoms in total. The molecular weight excluding hydrogens is 210 g/mol. The zero-order valence-corrected chi connectivity index (χ0v) is 12.2. The third kappa shape index (κ3) is 6.17. The first-order chi connectivity index (χ1) is 7.69. The Labute approximate surface area is 106 Å². The standard InChI is InChI=1S/C14H28N3/c1-8-9-12(2)14(15)13(3)16(4)10-11-17(5,6)7/h8-9H,3,10-11,15H2,1-2,4-7H3/q+1/b9-8-,14-12-. The summed E-state index contributed by atoms with van der Waals surface area (Å²) in [5, 5.41) is 0. The molecule has 0 aliphatic heterocycles. The predicted octanol–water partition coefficient (Wildman–Crippen LogP) is 1.95. The minimum atomic E-state index is 0.770. The Morgan fingerprint density at radius 2 is 1.88 bits per heavy atom. The van der Waals surface area contributed by atoms with Gasteiger partial charge in [0.25, 0.3) is 0 Å². The van der Waals surface area contributed by atoms with E-state index in [1.54, 1.807) is 0 Å². The molecule has 3 heteroatoms. The van der Waals surface area contributed by atoms with Gasteiger partial charge in [0.2, 0.25) is 0 Å². The highest BCUT2D eigenvalue weighted by Crippen LogP contribution is 2.12. The van der Waals surface area contributed by atoms with Crippen LogP contribution < -0.4 is 5.73 Å². The molecule has 0 spiro atoms. The molecule has 0 bridgehead atoms. The Bertz CT molecular complexity index is 319. The molecule has 0 aliphatic carbocycles. The lowest BCUT2D eigenvalue weighted by molar-refractivity contribution is -0.869. The summed E-state index contributed by atoms with van der Waals surface area (Å²) in [5.74, 6) is 0. The summed E-state index contributed by atoms with van der Waals surface area (Å²) in [7, 11) is 8.58. The van der Waals surface area contributed by atoms with Crippen molar-refractivity contribution in [3.8, 4) is 0 Å². The summed E-state index contributed by atoms with van der Waals surface area (Å²) >= 11 is 0. The number of nitrogens with two attached hydrogens (primary N) is 1. The molecule has 0 amide bonds. The van der Waals surface area contributed by atoms with Gasteiger partial charge in [0, 0.05) is 7.05 Å². The Hall–Kier alpha value is -1.22. The fourth-order valence-electron chi connectivity index (χ4n) is 1.36. The Morgan fingerprint density at radius 3 is 2.29 bits per heavy atom. The lowest BCUT2D eigenvalue weighted by Gasteiger charge is -2.29. The summed E-state index contributed by atoms with van der Waals surface area (Å²) in [5.41, 5.74) is 8.80. The van der Waals surface area contributed by atoms with Crippen LogP contribution in [0.1, 0.15) is 13.8 Å². The van der Waals surface area contributed by atoms with Crippen LogP contribution in [0.25, 0.3) is 0 Å². The quantitative estimate of drug-likeness (QED) is 0.566. The number of allylic oxidation sites excluding steroid dienone is 3. The van der Waals surface area contributed by atoms with E-state index in [1.807, 2.05) is 33.0 Å². The third-order valence-electron chi connectivity index (χ3n) is 2.72. The minimum Gasteiger partial charge on any atom is -0.397 e. The molecule has 0 rings (SSSR count). The van der Waals surface area contributed by atoms with Crippen LogP contribution in [0.2, 0.25) is 0 Å². The van der Waals surface area contributed by atoms with E-state index in [0.29, 0.717) is 0 Å². The van der Waals surface area contributed by atoms with Crippen molar-refractivity contribution in [3.05, 3.63) is 35.7 Å². The Morgan fingerprint density at radius 1 is 1.35 bits per heavy atom. The summed E-state index contributed by atoms with van der Waals surface area (Å²) < 4.78 is 0.940. The largest absolute Gasteiger partial charge is 0.397 e. The maximum absolute atomic E-state index is 6.07. The molecule has 0 saturated heterocycles. The van der Waals surface area contributed by atoms with Crippen molar-refractivity contribution in [1.82, 2.24) is 4.90 Å². The van der Waals surface area contributed by atoms with Crippen LogP contribution in [0.5, 0.6) is 0 Å². The Balaban J connectivity index is 4.56. The number of nitrogens with zero attached hydrogens (tertiary/aromatic N) is 2. The number of likely N-dealkylation sites (N-methyl/N-ethyl adjacent to an activating group) is 2. The number of rotatable bonds is 6. The van der Waals surface area contributed by atoms with Crippen LogP contribution in [0.3, 0.4) is 0 Å². The van der Waals surface area contributed by atoms with Crippen molar-refractivity contribution in [1.29, 1.82) is 0 Å². The fraction of sp³-hybridized carbons (Fsp3) is 0.571. The second-order valence-electron chi connectivity index (χ2n) is 5.48. The van der Waals surface area contributed by atoms with Crippen LogP contribution in [0.4, 0.5) is 0 Å². The van der Waals surface area contributed by atoms with Crippen molar-refractivity contribution < 1.29 is 4.48 Å². The van der Waals surface area contributed by atoms with Gasteiger partial charge in [-0.1, -0.05) is 18.7 Å². The first kappa shape index (κ1) is 15.8. The van der Waals surface area contributed by atoms with Gasteiger partial charge in [-0.25, -0.2) is 0 Å². The van der Waals surface area contributed by atoms with Crippen LogP contribution in [0, 0.1) is 0 Å². The number of hydrogen-bond donors (Lipinski definition) is 1. The van der Waals surface area contributed by atoms with Gasteiger partial charge in [0.1, 0.15) is 0 Å². The van der Waals surface area contributed by atoms with Gasteiger partial charge in [0.05, 0.1) is 45.6 Å². The molecule has 0 aromatic heterocycles. The van der Waals surface area contributed by atoms with Crippen LogP contribution >= 0.6 is 0 Å². The van der Waals surface area contributed by atoms with Crippen molar-refractivity contribution in [2.45, 2.75) is 13.8 Å². The zero-order valence-electron chi connectivity index (χ0n) is 12.2. The molecule has 2 N–H and O–H groups in total. The van der Waals surface area contributed by atoms with Gasteiger partial charge in [-0.05, 0) is 19.4 Å². The lowest BCUT2D eigenvalue weighted by atomic mass is 10.1. The van der Waals surface area contributed by atoms with Crippen molar-refractivity contribution in [3.63, 3.8) is 0 Å². The van der Waals surface area contributed by atoms with E-state index in [1.165, 1.54) is 0 Å². The highest BCUT2D eigenvalue weighted by atomic mass is 15.3. The Kier molecular flexibility index (Phi) is 6.03. The van der Waals surface area contributed by atoms with E-state index < -0.39 is 0 Å². The predicted molar refractivity (Wildman–Crippen MR) is 76.4 cm³/mol. The molecule has 0 heterocycles. The van der Waals surface area contributed by atoms with Crippen LogP contribution in [-0.4, -0.2) is 50.7 Å². The van der Waals surface area contributed by atoms with E-state index >= 15 is 0 Å². The highest BCUT2D eigenvalue weighted by Gasteiger charge is 2.12. The molecule has 0 unspecified atom stereocenters. The second-order valence-corrected chi connectivity index (χ2v) is 5.48. The van der Waals surface area contributed by atoms with Crippen LogP contribution in [0.15, 0.2) is 35.7 Å². The first-order valence-electron chi connectivity index (χ1n) is 5.99. The summed E-state index contributed by atoms with van der Waals surface area (Å²) in [6, 6.07) is 0. The molecule has 0 aromatic carbocycles. The average Bonchev–Trinajstić information content (AvgIpc) is 2.23. The normalized spacial score (nSPS) is 13.8. The van der Waals surface area contributed by atoms with Gasteiger partial charge in [0.15, 0.2) is 0 Å². The summed E-state index contributed by atoms with van der Waals surface area (Å²) in [6.07, 6.45) is 4.00. The fourth-order valence-corrected chi connectivity index (χ4v) is 1.36. The lowest BCUT2D eigenvalue weighted by Crippen LogP contribution is -2.41. The van der Waals surface area contributed by atoms with Gasteiger partial charge in [-0.15, -0.1) is 0 Å². The topological polar surface area (TPSA) is 29.3 Å². The molecular formula is C14H28N3+. The minimum absolute atomic E-state index is 0.770. The molecule has 0 aromatic rings. The van der Waals surface area contributed by atoms with Crippen molar-refractivity contribution in [2.75, 3.05) is 41.3 Å². The van der Waals surface area contributed by atoms with E-state index in [-0.39, 0.29) is 0 Å². The monoisotopic (exact) mass is 238 g/mol. The molecule has 0 aliphatic rings. The highest BCUT2D eigenvalue weighted by molar-refractivity contribution is 5.34. The van der Waals surface area contributed by atoms with E-state index in [2.05, 4.69) is 32.6 Å². The molecule has 0 radical (unpaired) electrons. The molecule has 98 valence electrons. The number of quaternary nitrogens is 1. The maximum Gasteiger partial charge on any atom is 0.0958 e.